The van der Waals surface area contributed by atoms with E-state index < -0.39 is 11.4 Å². The van der Waals surface area contributed by atoms with E-state index in [1.807, 2.05) is 6.92 Å². The molecule has 2 unspecified atom stereocenters. The maximum Gasteiger partial charge on any atom is 0.315 e. The Labute approximate surface area is 113 Å². The molecule has 0 heterocycles. The summed E-state index contributed by atoms with van der Waals surface area (Å²) in [5.74, 6) is 0.981. The van der Waals surface area contributed by atoms with Crippen LogP contribution in [-0.4, -0.2) is 41.2 Å². The molecule has 0 saturated carbocycles. The number of carbonyl (C=O) groups is 2. The minimum absolute atomic E-state index is 0.0765. The van der Waals surface area contributed by atoms with Crippen molar-refractivity contribution in [3.05, 3.63) is 0 Å². The van der Waals surface area contributed by atoms with E-state index in [-0.39, 0.29) is 18.6 Å². The van der Waals surface area contributed by atoms with Crippen LogP contribution in [0.5, 0.6) is 0 Å². The van der Waals surface area contributed by atoms with Gasteiger partial charge in [-0.15, -0.1) is 0 Å². The molecule has 0 aromatic heterocycles. The fourth-order valence-electron chi connectivity index (χ4n) is 1.24. The Hall–Kier alpha value is -0.910. The van der Waals surface area contributed by atoms with Crippen molar-refractivity contribution in [3.8, 4) is 0 Å². The number of urea groups is 1. The SMILES string of the molecule is CCSCC(C)NC(=O)NCC(C)(CC)C(=O)O. The van der Waals surface area contributed by atoms with Crippen molar-refractivity contribution >= 4 is 23.8 Å². The van der Waals surface area contributed by atoms with Crippen LogP contribution in [0.25, 0.3) is 0 Å². The third kappa shape index (κ3) is 6.14. The van der Waals surface area contributed by atoms with E-state index in [0.717, 1.165) is 11.5 Å². The van der Waals surface area contributed by atoms with Gasteiger partial charge < -0.3 is 15.7 Å². The third-order valence-electron chi connectivity index (χ3n) is 2.89. The Morgan fingerprint density at radius 2 is 2.00 bits per heavy atom. The predicted molar refractivity (Wildman–Crippen MR) is 75.0 cm³/mol. The summed E-state index contributed by atoms with van der Waals surface area (Å²) in [7, 11) is 0. The summed E-state index contributed by atoms with van der Waals surface area (Å²) in [4.78, 5) is 22.6. The topological polar surface area (TPSA) is 78.4 Å². The van der Waals surface area contributed by atoms with E-state index in [0.29, 0.717) is 6.42 Å². The molecule has 2 atom stereocenters. The van der Waals surface area contributed by atoms with E-state index in [1.165, 1.54) is 0 Å². The van der Waals surface area contributed by atoms with Crippen molar-refractivity contribution in [2.75, 3.05) is 18.1 Å². The zero-order valence-electron chi connectivity index (χ0n) is 11.6. The van der Waals surface area contributed by atoms with Gasteiger partial charge in [0, 0.05) is 18.3 Å². The summed E-state index contributed by atoms with van der Waals surface area (Å²) in [6.45, 7) is 7.56. The first kappa shape index (κ1) is 17.1. The van der Waals surface area contributed by atoms with Crippen LogP contribution in [-0.2, 0) is 4.79 Å². The second-order valence-electron chi connectivity index (χ2n) is 4.61. The number of carboxylic acid groups (broad SMARTS) is 1. The summed E-state index contributed by atoms with van der Waals surface area (Å²) in [6.07, 6.45) is 0.476. The van der Waals surface area contributed by atoms with Gasteiger partial charge in [0.2, 0.25) is 0 Å². The van der Waals surface area contributed by atoms with Gasteiger partial charge in [-0.05, 0) is 26.0 Å². The molecule has 0 radical (unpaired) electrons. The van der Waals surface area contributed by atoms with E-state index in [2.05, 4.69) is 17.6 Å². The van der Waals surface area contributed by atoms with Gasteiger partial charge in [-0.1, -0.05) is 13.8 Å². The summed E-state index contributed by atoms with van der Waals surface area (Å²) in [6, 6.07) is -0.229. The van der Waals surface area contributed by atoms with Gasteiger partial charge in [0.25, 0.3) is 0 Å². The highest BCUT2D eigenvalue weighted by molar-refractivity contribution is 7.99. The van der Waals surface area contributed by atoms with Crippen molar-refractivity contribution in [2.45, 2.75) is 40.2 Å². The fraction of sp³-hybridized carbons (Fsp3) is 0.833. The Kier molecular flexibility index (Phi) is 7.82. The molecule has 3 N–H and O–H groups in total. The first-order valence-corrected chi connectivity index (χ1v) is 7.36. The molecule has 0 rings (SSSR count). The number of amides is 2. The smallest absolute Gasteiger partial charge is 0.315 e. The highest BCUT2D eigenvalue weighted by atomic mass is 32.2. The number of aliphatic carboxylic acids is 1. The number of rotatable bonds is 8. The molecule has 0 aromatic rings. The molecule has 0 saturated heterocycles. The maximum atomic E-state index is 11.6. The van der Waals surface area contributed by atoms with Gasteiger partial charge in [0.15, 0.2) is 0 Å². The monoisotopic (exact) mass is 276 g/mol. The molecule has 0 fully saturated rings. The van der Waals surface area contributed by atoms with Crippen LogP contribution in [0.1, 0.15) is 34.1 Å². The molecule has 2 amide bonds. The molecule has 0 aliphatic carbocycles. The average Bonchev–Trinajstić information content (AvgIpc) is 2.33. The summed E-state index contributed by atoms with van der Waals surface area (Å²) in [5.41, 5.74) is -0.904. The number of hydrogen-bond donors (Lipinski definition) is 3. The van der Waals surface area contributed by atoms with Gasteiger partial charge in [-0.25, -0.2) is 4.79 Å². The van der Waals surface area contributed by atoms with Crippen molar-refractivity contribution in [1.82, 2.24) is 10.6 Å². The number of carboxylic acids is 1. The maximum absolute atomic E-state index is 11.6. The Balaban J connectivity index is 4.06. The molecule has 5 nitrogen and oxygen atoms in total. The summed E-state index contributed by atoms with van der Waals surface area (Å²) < 4.78 is 0. The molecule has 0 bridgehead atoms. The van der Waals surface area contributed by atoms with Crippen LogP contribution in [0.15, 0.2) is 0 Å². The lowest BCUT2D eigenvalue weighted by Crippen LogP contribution is -2.47. The minimum Gasteiger partial charge on any atom is -0.481 e. The van der Waals surface area contributed by atoms with E-state index >= 15 is 0 Å². The molecule has 0 aliphatic rings. The Morgan fingerprint density at radius 1 is 1.39 bits per heavy atom. The van der Waals surface area contributed by atoms with E-state index in [9.17, 15) is 9.59 Å². The number of carbonyl (C=O) groups excluding carboxylic acids is 1. The molecular weight excluding hydrogens is 252 g/mol. The lowest BCUT2D eigenvalue weighted by atomic mass is 9.88. The molecule has 0 spiro atoms. The Bertz CT molecular complexity index is 286. The fourth-order valence-corrected chi connectivity index (χ4v) is 1.91. The summed E-state index contributed by atoms with van der Waals surface area (Å²) in [5, 5.41) is 14.5. The lowest BCUT2D eigenvalue weighted by molar-refractivity contribution is -0.147. The zero-order valence-corrected chi connectivity index (χ0v) is 12.4. The summed E-state index contributed by atoms with van der Waals surface area (Å²) >= 11 is 1.75. The average molecular weight is 276 g/mol. The largest absolute Gasteiger partial charge is 0.481 e. The van der Waals surface area contributed by atoms with Crippen LogP contribution in [0.4, 0.5) is 4.79 Å². The lowest BCUT2D eigenvalue weighted by Gasteiger charge is -2.24. The number of thioether (sulfide) groups is 1. The van der Waals surface area contributed by atoms with Crippen LogP contribution in [0.2, 0.25) is 0 Å². The first-order chi connectivity index (χ1) is 8.35. The quantitative estimate of drug-likeness (QED) is 0.633. The highest BCUT2D eigenvalue weighted by Crippen LogP contribution is 2.19. The normalized spacial score (nSPS) is 15.6. The van der Waals surface area contributed by atoms with Gasteiger partial charge >= 0.3 is 12.0 Å². The van der Waals surface area contributed by atoms with Crippen LogP contribution in [0.3, 0.4) is 0 Å². The zero-order chi connectivity index (χ0) is 14.2. The van der Waals surface area contributed by atoms with Crippen molar-refractivity contribution in [1.29, 1.82) is 0 Å². The molecule has 18 heavy (non-hydrogen) atoms. The van der Waals surface area contributed by atoms with Gasteiger partial charge in [0.05, 0.1) is 5.41 Å². The highest BCUT2D eigenvalue weighted by Gasteiger charge is 2.31. The predicted octanol–water partition coefficient (Wildman–Crippen LogP) is 1.93. The standard InChI is InChI=1S/C12H24N2O3S/c1-5-12(4,10(15)16)8-13-11(17)14-9(3)7-18-6-2/h9H,5-8H2,1-4H3,(H,15,16)(H2,13,14,17). The number of hydrogen-bond acceptors (Lipinski definition) is 3. The second-order valence-corrected chi connectivity index (χ2v) is 5.93. The van der Waals surface area contributed by atoms with Crippen molar-refractivity contribution in [3.63, 3.8) is 0 Å². The van der Waals surface area contributed by atoms with Gasteiger partial charge in [-0.3, -0.25) is 4.79 Å². The number of nitrogens with one attached hydrogen (secondary N) is 2. The van der Waals surface area contributed by atoms with Crippen LogP contribution < -0.4 is 10.6 Å². The van der Waals surface area contributed by atoms with E-state index in [1.54, 1.807) is 25.6 Å². The molecule has 0 aliphatic heterocycles. The minimum atomic E-state index is -0.904. The van der Waals surface area contributed by atoms with Crippen molar-refractivity contribution in [2.24, 2.45) is 5.41 Å². The molecular formula is C12H24N2O3S. The first-order valence-electron chi connectivity index (χ1n) is 6.21. The van der Waals surface area contributed by atoms with Gasteiger partial charge in [0.1, 0.15) is 0 Å². The molecule has 106 valence electrons. The van der Waals surface area contributed by atoms with Gasteiger partial charge in [-0.2, -0.15) is 11.8 Å². The Morgan fingerprint density at radius 3 is 2.44 bits per heavy atom. The third-order valence-corrected chi connectivity index (χ3v) is 4.03. The van der Waals surface area contributed by atoms with E-state index in [4.69, 9.17) is 5.11 Å². The molecule has 0 aromatic carbocycles. The molecule has 6 heteroatoms. The van der Waals surface area contributed by atoms with Crippen LogP contribution in [0, 0.1) is 5.41 Å². The van der Waals surface area contributed by atoms with Crippen LogP contribution >= 0.6 is 11.8 Å². The second kappa shape index (κ2) is 8.24. The van der Waals surface area contributed by atoms with Crippen molar-refractivity contribution < 1.29 is 14.7 Å².